The maximum absolute atomic E-state index is 12.0. The number of hydrogen-bond donors (Lipinski definition) is 2. The molecule has 1 aliphatic rings. The van der Waals surface area contributed by atoms with Crippen LogP contribution in [0, 0.1) is 5.92 Å². The Morgan fingerprint density at radius 1 is 1.90 bits per heavy atom. The molecule has 58 valence electrons. The Hall–Kier alpha value is -0.640. The molecule has 4 heteroatoms. The lowest BCUT2D eigenvalue weighted by Crippen LogP contribution is -2.61. The first-order valence-electron chi connectivity index (χ1n) is 3.19. The van der Waals surface area contributed by atoms with Crippen molar-refractivity contribution < 1.29 is 14.3 Å². The van der Waals surface area contributed by atoms with E-state index in [0.717, 1.165) is 0 Å². The summed E-state index contributed by atoms with van der Waals surface area (Å²) in [5.41, 5.74) is 4.09. The molecule has 0 aromatic carbocycles. The molecule has 2 unspecified atom stereocenters. The fraction of sp³-hybridized carbons (Fsp3) is 0.833. The lowest BCUT2D eigenvalue weighted by Gasteiger charge is -2.41. The molecule has 2 atom stereocenters. The molecule has 0 saturated heterocycles. The Bertz CT molecular complexity index is 160. The van der Waals surface area contributed by atoms with Crippen molar-refractivity contribution in [3.05, 3.63) is 0 Å². The van der Waals surface area contributed by atoms with Gasteiger partial charge in [-0.2, -0.15) is 0 Å². The van der Waals surface area contributed by atoms with Crippen molar-refractivity contribution in [2.75, 3.05) is 6.67 Å². The minimum absolute atomic E-state index is 0.400. The van der Waals surface area contributed by atoms with Crippen LogP contribution in [-0.2, 0) is 4.79 Å². The number of hydrogen-bond acceptors (Lipinski definition) is 2. The van der Waals surface area contributed by atoms with Crippen LogP contribution in [0.5, 0.6) is 0 Å². The second-order valence-corrected chi connectivity index (χ2v) is 2.74. The van der Waals surface area contributed by atoms with Crippen molar-refractivity contribution in [3.63, 3.8) is 0 Å². The number of rotatable bonds is 2. The Kier molecular flexibility index (Phi) is 1.64. The van der Waals surface area contributed by atoms with Crippen LogP contribution in [0.4, 0.5) is 4.39 Å². The lowest BCUT2D eigenvalue weighted by atomic mass is 9.68. The van der Waals surface area contributed by atoms with Gasteiger partial charge in [0.25, 0.3) is 0 Å². The van der Waals surface area contributed by atoms with E-state index in [9.17, 15) is 9.18 Å². The number of aliphatic carboxylic acids is 1. The molecule has 0 radical (unpaired) electrons. The van der Waals surface area contributed by atoms with Crippen molar-refractivity contribution in [2.45, 2.75) is 18.4 Å². The average molecular weight is 146 g/mol. The number of alkyl halides is 1. The number of nitrogens with two attached hydrogens (primary N) is 1. The average Bonchev–Trinajstić information content (AvgIpc) is 1.85. The van der Waals surface area contributed by atoms with E-state index in [1.807, 2.05) is 0 Å². The highest BCUT2D eigenvalue weighted by atomic mass is 18.2. The van der Waals surface area contributed by atoms with Crippen LogP contribution < -0.4 is 5.73 Å². The molecule has 0 aromatic heterocycles. The molecule has 1 fully saturated rings. The summed E-state index contributed by atoms with van der Waals surface area (Å²) in [4.78, 5) is 10.4. The monoisotopic (exact) mass is 146 g/mol. The molecule has 10 heavy (non-hydrogen) atoms. The molecule has 0 spiro atoms. The van der Waals surface area contributed by atoms with Crippen molar-refractivity contribution in [1.82, 2.24) is 0 Å². The minimum Gasteiger partial charge on any atom is -0.480 e. The third-order valence-electron chi connectivity index (χ3n) is 2.22. The highest BCUT2D eigenvalue weighted by Gasteiger charge is 2.49. The second-order valence-electron chi connectivity index (χ2n) is 2.74. The molecule has 1 saturated carbocycles. The van der Waals surface area contributed by atoms with Crippen LogP contribution in [0.25, 0.3) is 0 Å². The van der Waals surface area contributed by atoms with Crippen molar-refractivity contribution >= 4 is 5.97 Å². The third kappa shape index (κ3) is 0.794. The topological polar surface area (TPSA) is 63.3 Å². The largest absolute Gasteiger partial charge is 0.480 e. The van der Waals surface area contributed by atoms with E-state index in [-0.39, 0.29) is 0 Å². The maximum Gasteiger partial charge on any atom is 0.324 e. The zero-order chi connectivity index (χ0) is 7.78. The lowest BCUT2D eigenvalue weighted by molar-refractivity contribution is -0.151. The summed E-state index contributed by atoms with van der Waals surface area (Å²) in [6, 6.07) is 0. The predicted molar refractivity (Wildman–Crippen MR) is 33.3 cm³/mol. The van der Waals surface area contributed by atoms with E-state index in [0.29, 0.717) is 12.8 Å². The van der Waals surface area contributed by atoms with Gasteiger partial charge in [0.15, 0.2) is 0 Å². The first-order chi connectivity index (χ1) is 4.61. The number of carboxylic acid groups (broad SMARTS) is 1. The van der Waals surface area contributed by atoms with E-state index in [1.165, 1.54) is 0 Å². The quantitative estimate of drug-likeness (QED) is 0.582. The number of carboxylic acids is 1. The van der Waals surface area contributed by atoms with Crippen LogP contribution in [-0.4, -0.2) is 23.3 Å². The summed E-state index contributed by atoms with van der Waals surface area (Å²) in [5, 5.41) is 8.50. The molecular formula is C6H10FNO2. The fourth-order valence-corrected chi connectivity index (χ4v) is 1.16. The number of carbonyl (C=O) groups is 1. The first-order valence-corrected chi connectivity index (χ1v) is 3.19. The number of halogens is 1. The SMILES string of the molecule is NC1(C(=O)O)CCC1C[18F]. The molecule has 0 heterocycles. The molecule has 1 rings (SSSR count). The summed E-state index contributed by atoms with van der Waals surface area (Å²) >= 11 is 0. The van der Waals surface area contributed by atoms with Crippen LogP contribution in [0.15, 0.2) is 0 Å². The van der Waals surface area contributed by atoms with Gasteiger partial charge >= 0.3 is 5.97 Å². The van der Waals surface area contributed by atoms with E-state index >= 15 is 0 Å². The molecule has 3 N–H and O–H groups in total. The fourth-order valence-electron chi connectivity index (χ4n) is 1.16. The zero-order valence-corrected chi connectivity index (χ0v) is 5.51. The van der Waals surface area contributed by atoms with Gasteiger partial charge in [-0.3, -0.25) is 9.18 Å². The second kappa shape index (κ2) is 2.20. The van der Waals surface area contributed by atoms with Gasteiger partial charge in [-0.05, 0) is 12.8 Å². The van der Waals surface area contributed by atoms with Crippen molar-refractivity contribution in [3.8, 4) is 0 Å². The predicted octanol–water partition coefficient (Wildman–Crippen LogP) is 0.148. The van der Waals surface area contributed by atoms with Crippen LogP contribution in [0.2, 0.25) is 0 Å². The summed E-state index contributed by atoms with van der Waals surface area (Å²) in [5.74, 6) is -1.55. The summed E-state index contributed by atoms with van der Waals surface area (Å²) < 4.78 is 12.0. The van der Waals surface area contributed by atoms with E-state index < -0.39 is 24.1 Å². The molecule has 3 nitrogen and oxygen atoms in total. The molecule has 0 amide bonds. The zero-order valence-electron chi connectivity index (χ0n) is 5.51. The van der Waals surface area contributed by atoms with Gasteiger partial charge in [0.1, 0.15) is 5.54 Å². The standard InChI is InChI=1S/C6H10FNO2/c7-3-4-1-2-6(4,8)5(9)10/h4H,1-3,8H2,(H,9,10)/i7-1. The maximum atomic E-state index is 12.0. The van der Waals surface area contributed by atoms with Gasteiger partial charge in [-0.1, -0.05) is 0 Å². The van der Waals surface area contributed by atoms with Gasteiger partial charge in [0, 0.05) is 5.92 Å². The van der Waals surface area contributed by atoms with Gasteiger partial charge in [0.05, 0.1) is 6.67 Å². The van der Waals surface area contributed by atoms with Crippen molar-refractivity contribution in [1.29, 1.82) is 0 Å². The third-order valence-corrected chi connectivity index (χ3v) is 2.22. The van der Waals surface area contributed by atoms with Gasteiger partial charge in [-0.15, -0.1) is 0 Å². The van der Waals surface area contributed by atoms with Crippen LogP contribution in [0.1, 0.15) is 12.8 Å². The highest BCUT2D eigenvalue weighted by molar-refractivity contribution is 5.80. The Morgan fingerprint density at radius 2 is 2.50 bits per heavy atom. The van der Waals surface area contributed by atoms with Gasteiger partial charge < -0.3 is 10.8 Å². The Balaban J connectivity index is 2.61. The van der Waals surface area contributed by atoms with Crippen molar-refractivity contribution in [2.24, 2.45) is 11.7 Å². The van der Waals surface area contributed by atoms with Gasteiger partial charge in [0.2, 0.25) is 0 Å². The van der Waals surface area contributed by atoms with Gasteiger partial charge in [-0.25, -0.2) is 0 Å². The molecular weight excluding hydrogens is 136 g/mol. The van der Waals surface area contributed by atoms with Crippen LogP contribution >= 0.6 is 0 Å². The van der Waals surface area contributed by atoms with E-state index in [1.54, 1.807) is 0 Å². The molecule has 0 aliphatic heterocycles. The summed E-state index contributed by atoms with van der Waals surface area (Å²) in [6.07, 6.45) is 0.996. The van der Waals surface area contributed by atoms with E-state index in [2.05, 4.69) is 0 Å². The summed E-state index contributed by atoms with van der Waals surface area (Å²) in [7, 11) is 0. The molecule has 0 aromatic rings. The Morgan fingerprint density at radius 3 is 2.60 bits per heavy atom. The first kappa shape index (κ1) is 7.47. The molecule has 0 bridgehead atoms. The normalized spacial score (nSPS) is 38.8. The minimum atomic E-state index is -1.27. The van der Waals surface area contributed by atoms with Crippen LogP contribution in [0.3, 0.4) is 0 Å². The highest BCUT2D eigenvalue weighted by Crippen LogP contribution is 2.36. The smallest absolute Gasteiger partial charge is 0.324 e. The summed E-state index contributed by atoms with van der Waals surface area (Å²) in [6.45, 7) is -0.622. The molecule has 1 aliphatic carbocycles. The Labute approximate surface area is 58.0 Å². The van der Waals surface area contributed by atoms with E-state index in [4.69, 9.17) is 10.8 Å².